The fourth-order valence-corrected chi connectivity index (χ4v) is 4.25. The van der Waals surface area contributed by atoms with Gasteiger partial charge in [0, 0.05) is 55.1 Å². The maximum Gasteiger partial charge on any atom is 0.274 e. The number of fused-ring (bicyclic) bond motifs is 1. The Balaban J connectivity index is 1.19. The van der Waals surface area contributed by atoms with Crippen molar-refractivity contribution < 1.29 is 19.1 Å². The number of carbonyl (C=O) groups is 3. The minimum Gasteiger partial charge on any atom is -0.481 e. The maximum absolute atomic E-state index is 12.9. The summed E-state index contributed by atoms with van der Waals surface area (Å²) >= 11 is 0. The number of rotatable bonds is 6. The smallest absolute Gasteiger partial charge is 0.274 e. The summed E-state index contributed by atoms with van der Waals surface area (Å²) in [4.78, 5) is 45.8. The number of pyridine rings is 1. The summed E-state index contributed by atoms with van der Waals surface area (Å²) in [5, 5.41) is 8.12. The van der Waals surface area contributed by atoms with Gasteiger partial charge in [-0.25, -0.2) is 4.98 Å². The van der Waals surface area contributed by atoms with Gasteiger partial charge >= 0.3 is 0 Å². The molecule has 0 saturated carbocycles. The van der Waals surface area contributed by atoms with E-state index in [4.69, 9.17) is 4.74 Å². The molecule has 0 unspecified atom stereocenters. The molecule has 188 valence electrons. The van der Waals surface area contributed by atoms with Crippen LogP contribution in [0.2, 0.25) is 0 Å². The van der Waals surface area contributed by atoms with E-state index in [-0.39, 0.29) is 30.0 Å². The summed E-state index contributed by atoms with van der Waals surface area (Å²) in [7, 11) is 1.49. The predicted molar refractivity (Wildman–Crippen MR) is 137 cm³/mol. The van der Waals surface area contributed by atoms with Crippen LogP contribution in [0.5, 0.6) is 5.88 Å². The van der Waals surface area contributed by atoms with Crippen LogP contribution in [0.1, 0.15) is 20.8 Å². The van der Waals surface area contributed by atoms with Gasteiger partial charge in [0.05, 0.1) is 12.6 Å². The predicted octanol–water partition coefficient (Wildman–Crippen LogP) is 2.68. The molecule has 0 aliphatic carbocycles. The normalized spacial score (nSPS) is 13.4. The highest BCUT2D eigenvalue weighted by atomic mass is 16.5. The monoisotopic (exact) mass is 498 g/mol. The molecular weight excluding hydrogens is 472 g/mol. The zero-order chi connectivity index (χ0) is 25.8. The molecule has 0 radical (unpaired) electrons. The van der Waals surface area contributed by atoms with Crippen molar-refractivity contribution in [3.8, 4) is 5.88 Å². The largest absolute Gasteiger partial charge is 0.481 e. The Morgan fingerprint density at radius 2 is 1.68 bits per heavy atom. The zero-order valence-corrected chi connectivity index (χ0v) is 20.3. The van der Waals surface area contributed by atoms with Gasteiger partial charge in [-0.05, 0) is 36.4 Å². The van der Waals surface area contributed by atoms with Crippen molar-refractivity contribution in [3.63, 3.8) is 0 Å². The number of hydrogen-bond acceptors (Lipinski definition) is 6. The van der Waals surface area contributed by atoms with Gasteiger partial charge < -0.3 is 19.9 Å². The third-order valence-electron chi connectivity index (χ3n) is 6.21. The molecule has 10 nitrogen and oxygen atoms in total. The molecular formula is C27H26N6O4. The van der Waals surface area contributed by atoms with Crippen LogP contribution in [-0.2, 0) is 11.3 Å². The summed E-state index contributed by atoms with van der Waals surface area (Å²) < 4.78 is 6.68. The number of amides is 3. The maximum atomic E-state index is 12.9. The second-order valence-electron chi connectivity index (χ2n) is 8.66. The molecule has 1 aliphatic heterocycles. The van der Waals surface area contributed by atoms with Crippen molar-refractivity contribution in [2.75, 3.05) is 38.6 Å². The lowest BCUT2D eigenvalue weighted by Gasteiger charge is -2.34. The summed E-state index contributed by atoms with van der Waals surface area (Å²) in [6.07, 6.45) is 1.78. The van der Waals surface area contributed by atoms with Crippen LogP contribution >= 0.6 is 0 Å². The molecule has 3 heterocycles. The molecule has 10 heteroatoms. The van der Waals surface area contributed by atoms with Gasteiger partial charge in [0.1, 0.15) is 12.2 Å². The highest BCUT2D eigenvalue weighted by Crippen LogP contribution is 2.19. The Hall–Kier alpha value is -4.73. The van der Waals surface area contributed by atoms with E-state index in [1.54, 1.807) is 69.2 Å². The Kier molecular flexibility index (Phi) is 6.80. The van der Waals surface area contributed by atoms with E-state index in [9.17, 15) is 14.4 Å². The number of hydrogen-bond donors (Lipinski definition) is 1. The van der Waals surface area contributed by atoms with Crippen LogP contribution in [-0.4, -0.2) is 75.6 Å². The molecule has 0 spiro atoms. The van der Waals surface area contributed by atoms with Gasteiger partial charge in [0.2, 0.25) is 11.8 Å². The van der Waals surface area contributed by atoms with Gasteiger partial charge in [0.25, 0.3) is 11.8 Å². The number of aromatic nitrogens is 3. The second kappa shape index (κ2) is 10.5. The molecule has 0 bridgehead atoms. The summed E-state index contributed by atoms with van der Waals surface area (Å²) in [6, 6.07) is 19.5. The fraction of sp³-hybridized carbons (Fsp3) is 0.222. The lowest BCUT2D eigenvalue weighted by Crippen LogP contribution is -2.51. The minimum atomic E-state index is -0.356. The first-order chi connectivity index (χ1) is 18.0. The Morgan fingerprint density at radius 3 is 2.43 bits per heavy atom. The topological polar surface area (TPSA) is 110 Å². The molecule has 1 saturated heterocycles. The Bertz CT molecular complexity index is 1440. The van der Waals surface area contributed by atoms with Crippen molar-refractivity contribution in [2.45, 2.75) is 6.54 Å². The third kappa shape index (κ3) is 5.43. The Morgan fingerprint density at radius 1 is 0.919 bits per heavy atom. The third-order valence-corrected chi connectivity index (χ3v) is 6.21. The van der Waals surface area contributed by atoms with E-state index in [1.165, 1.54) is 7.11 Å². The van der Waals surface area contributed by atoms with E-state index >= 15 is 0 Å². The van der Waals surface area contributed by atoms with Gasteiger partial charge in [-0.2, -0.15) is 5.10 Å². The number of ether oxygens (including phenoxy) is 1. The number of piperazine rings is 1. The summed E-state index contributed by atoms with van der Waals surface area (Å²) in [5.74, 6) is -0.0719. The van der Waals surface area contributed by atoms with Crippen LogP contribution in [0.3, 0.4) is 0 Å². The van der Waals surface area contributed by atoms with E-state index in [0.717, 1.165) is 5.39 Å². The van der Waals surface area contributed by atoms with Crippen molar-refractivity contribution in [3.05, 3.63) is 84.2 Å². The van der Waals surface area contributed by atoms with E-state index < -0.39 is 0 Å². The fourth-order valence-electron chi connectivity index (χ4n) is 4.25. The average Bonchev–Trinajstić information content (AvgIpc) is 3.34. The molecule has 5 rings (SSSR count). The molecule has 2 aromatic carbocycles. The zero-order valence-electron chi connectivity index (χ0n) is 20.3. The van der Waals surface area contributed by atoms with Crippen molar-refractivity contribution in [1.82, 2.24) is 24.6 Å². The molecule has 1 N–H and O–H groups in total. The van der Waals surface area contributed by atoms with E-state index in [0.29, 0.717) is 48.8 Å². The van der Waals surface area contributed by atoms with Crippen LogP contribution in [0.4, 0.5) is 5.69 Å². The SMILES string of the molecule is COc1cccc(C(=O)Nc2ccc3nn(CC(=O)N4CCN(C(=O)c5ccccc5)CC4)cc3c2)n1. The lowest BCUT2D eigenvalue weighted by atomic mass is 10.2. The number of carbonyl (C=O) groups excluding carboxylic acids is 3. The Labute approximate surface area is 213 Å². The van der Waals surface area contributed by atoms with E-state index in [1.807, 2.05) is 18.2 Å². The van der Waals surface area contributed by atoms with Crippen LogP contribution in [0.15, 0.2) is 72.9 Å². The van der Waals surface area contributed by atoms with Crippen molar-refractivity contribution in [1.29, 1.82) is 0 Å². The first-order valence-corrected chi connectivity index (χ1v) is 11.9. The molecule has 3 amide bonds. The number of nitrogens with one attached hydrogen (secondary N) is 1. The van der Waals surface area contributed by atoms with E-state index in [2.05, 4.69) is 15.4 Å². The highest BCUT2D eigenvalue weighted by molar-refractivity contribution is 6.03. The lowest BCUT2D eigenvalue weighted by molar-refractivity contribution is -0.133. The summed E-state index contributed by atoms with van der Waals surface area (Å²) in [5.41, 5.74) is 2.20. The first-order valence-electron chi connectivity index (χ1n) is 11.9. The van der Waals surface area contributed by atoms with Gasteiger partial charge in [0.15, 0.2) is 0 Å². The quantitative estimate of drug-likeness (QED) is 0.438. The molecule has 37 heavy (non-hydrogen) atoms. The average molecular weight is 499 g/mol. The van der Waals surface area contributed by atoms with Gasteiger partial charge in [-0.3, -0.25) is 19.1 Å². The molecule has 0 atom stereocenters. The van der Waals surface area contributed by atoms with Gasteiger partial charge in [-0.1, -0.05) is 24.3 Å². The van der Waals surface area contributed by atoms with Crippen LogP contribution in [0.25, 0.3) is 10.9 Å². The van der Waals surface area contributed by atoms with Crippen LogP contribution in [0, 0.1) is 0 Å². The number of benzene rings is 2. The standard InChI is InChI=1S/C27H26N6O4/c1-37-24-9-5-8-23(29-24)26(35)28-21-10-11-22-20(16-21)17-33(30-22)18-25(34)31-12-14-32(15-13-31)27(36)19-6-3-2-4-7-19/h2-11,16-17H,12-15,18H2,1H3,(H,28,35). The molecule has 1 fully saturated rings. The molecule has 4 aromatic rings. The summed E-state index contributed by atoms with van der Waals surface area (Å²) in [6.45, 7) is 2.04. The van der Waals surface area contributed by atoms with Gasteiger partial charge in [-0.15, -0.1) is 0 Å². The van der Waals surface area contributed by atoms with Crippen LogP contribution < -0.4 is 10.1 Å². The van der Waals surface area contributed by atoms with Crippen molar-refractivity contribution >= 4 is 34.3 Å². The number of nitrogens with zero attached hydrogens (tertiary/aromatic N) is 5. The number of anilines is 1. The molecule has 1 aliphatic rings. The number of methoxy groups -OCH3 is 1. The molecule has 2 aromatic heterocycles. The second-order valence-corrected chi connectivity index (χ2v) is 8.66. The van der Waals surface area contributed by atoms with Crippen molar-refractivity contribution in [2.24, 2.45) is 0 Å². The first kappa shape index (κ1) is 24.0. The minimum absolute atomic E-state index is 0.0175. The highest BCUT2D eigenvalue weighted by Gasteiger charge is 2.25.